The summed E-state index contributed by atoms with van der Waals surface area (Å²) in [6.45, 7) is 3.77. The van der Waals surface area contributed by atoms with Gasteiger partial charge in [-0.15, -0.1) is 0 Å². The van der Waals surface area contributed by atoms with Crippen molar-refractivity contribution in [1.29, 1.82) is 0 Å². The fraction of sp³-hybridized carbons (Fsp3) is 0.222. The monoisotopic (exact) mass is 455 g/mol. The number of hydrogen-bond donors (Lipinski definition) is 1. The lowest BCUT2D eigenvalue weighted by Gasteiger charge is -2.09. The Hall–Kier alpha value is -4.13. The van der Waals surface area contributed by atoms with Gasteiger partial charge in [0.15, 0.2) is 11.5 Å². The third kappa shape index (κ3) is 3.79. The van der Waals surface area contributed by atoms with E-state index >= 15 is 0 Å². The summed E-state index contributed by atoms with van der Waals surface area (Å²) in [5.41, 5.74) is 4.52. The van der Waals surface area contributed by atoms with Crippen LogP contribution in [0.1, 0.15) is 50.6 Å². The van der Waals surface area contributed by atoms with Crippen LogP contribution in [-0.2, 0) is 6.42 Å². The summed E-state index contributed by atoms with van der Waals surface area (Å²) in [4.78, 5) is 25.7. The predicted octanol–water partition coefficient (Wildman–Crippen LogP) is 5.53. The molecule has 34 heavy (non-hydrogen) atoms. The minimum Gasteiger partial charge on any atom is -0.496 e. The van der Waals surface area contributed by atoms with Gasteiger partial charge in [-0.1, -0.05) is 29.8 Å². The molecule has 1 amide bonds. The number of rotatable bonds is 5. The van der Waals surface area contributed by atoms with Gasteiger partial charge in [-0.05, 0) is 44.5 Å². The maximum Gasteiger partial charge on any atom is 0.292 e. The zero-order chi connectivity index (χ0) is 23.8. The Morgan fingerprint density at radius 1 is 1.09 bits per heavy atom. The highest BCUT2D eigenvalue weighted by Gasteiger charge is 2.29. The van der Waals surface area contributed by atoms with E-state index in [1.54, 1.807) is 24.8 Å². The van der Waals surface area contributed by atoms with Gasteiger partial charge < -0.3 is 14.5 Å². The van der Waals surface area contributed by atoms with E-state index in [0.29, 0.717) is 47.0 Å². The first-order valence-electron chi connectivity index (χ1n) is 11.2. The van der Waals surface area contributed by atoms with Crippen molar-refractivity contribution in [2.24, 2.45) is 0 Å². The summed E-state index contributed by atoms with van der Waals surface area (Å²) >= 11 is 0. The van der Waals surface area contributed by atoms with Crippen LogP contribution in [0.2, 0.25) is 0 Å². The molecule has 5 rings (SSSR count). The van der Waals surface area contributed by atoms with Crippen molar-refractivity contribution >= 4 is 17.5 Å². The van der Waals surface area contributed by atoms with Crippen LogP contribution < -0.4 is 10.1 Å². The molecule has 7 heteroatoms. The molecule has 0 unspecified atom stereocenters. The van der Waals surface area contributed by atoms with Crippen molar-refractivity contribution in [2.45, 2.75) is 33.1 Å². The van der Waals surface area contributed by atoms with Crippen LogP contribution in [0.5, 0.6) is 5.75 Å². The van der Waals surface area contributed by atoms with Gasteiger partial charge in [-0.25, -0.2) is 4.68 Å². The van der Waals surface area contributed by atoms with Crippen molar-refractivity contribution in [1.82, 2.24) is 9.78 Å². The third-order valence-electron chi connectivity index (χ3n) is 6.12. The Morgan fingerprint density at radius 3 is 2.59 bits per heavy atom. The van der Waals surface area contributed by atoms with Gasteiger partial charge in [0.2, 0.25) is 0 Å². The second kappa shape index (κ2) is 8.67. The maximum absolute atomic E-state index is 13.3. The molecule has 1 aliphatic rings. The molecule has 0 atom stereocenters. The van der Waals surface area contributed by atoms with Crippen molar-refractivity contribution in [3.63, 3.8) is 0 Å². The summed E-state index contributed by atoms with van der Waals surface area (Å²) in [6.07, 6.45) is 1.88. The van der Waals surface area contributed by atoms with Crippen molar-refractivity contribution in [3.05, 3.63) is 82.8 Å². The molecule has 0 saturated carbocycles. The van der Waals surface area contributed by atoms with Crippen LogP contribution in [0.3, 0.4) is 0 Å². The number of benzene rings is 2. The van der Waals surface area contributed by atoms with Crippen molar-refractivity contribution in [3.8, 4) is 22.7 Å². The number of ether oxygens (including phenoxy) is 1. The number of aromatic nitrogens is 2. The second-order valence-corrected chi connectivity index (χ2v) is 8.45. The molecular formula is C27H25N3O4. The minimum absolute atomic E-state index is 0.0321. The second-order valence-electron chi connectivity index (χ2n) is 8.45. The number of anilines is 1. The predicted molar refractivity (Wildman–Crippen MR) is 129 cm³/mol. The van der Waals surface area contributed by atoms with Gasteiger partial charge in [0.1, 0.15) is 17.3 Å². The number of fused-ring (bicyclic) bond motifs is 1. The van der Waals surface area contributed by atoms with E-state index in [4.69, 9.17) is 14.3 Å². The number of nitrogens with one attached hydrogen (secondary N) is 1. The van der Waals surface area contributed by atoms with Crippen LogP contribution in [0.25, 0.3) is 16.9 Å². The standard InChI is InChI=1S/C27H25N3O4/c1-16-11-13-18(14-12-16)30-24(15-20(29-30)19-7-4-5-9-22(19)33-3)28-27(32)26-17(2)25-21(31)8-6-10-23(25)34-26/h4-5,7,9,11-15H,6,8,10H2,1-3H3,(H,28,32). The lowest BCUT2D eigenvalue weighted by Crippen LogP contribution is -2.16. The van der Waals surface area contributed by atoms with Crippen molar-refractivity contribution in [2.75, 3.05) is 12.4 Å². The third-order valence-corrected chi connectivity index (χ3v) is 6.12. The summed E-state index contributed by atoms with van der Waals surface area (Å²) in [5, 5.41) is 7.72. The smallest absolute Gasteiger partial charge is 0.292 e. The van der Waals surface area contributed by atoms with Crippen LogP contribution >= 0.6 is 0 Å². The molecular weight excluding hydrogens is 430 g/mol. The Kier molecular flexibility index (Phi) is 5.53. The number of carbonyl (C=O) groups is 2. The number of nitrogens with zero attached hydrogens (tertiary/aromatic N) is 2. The number of aryl methyl sites for hydroxylation is 2. The minimum atomic E-state index is -0.417. The summed E-state index contributed by atoms with van der Waals surface area (Å²) in [5.74, 6) is 1.54. The number of hydrogen-bond acceptors (Lipinski definition) is 5. The van der Waals surface area contributed by atoms with Crippen molar-refractivity contribution < 1.29 is 18.7 Å². The average molecular weight is 456 g/mol. The highest BCUT2D eigenvalue weighted by Crippen LogP contribution is 2.33. The molecule has 0 fully saturated rings. The van der Waals surface area contributed by atoms with Gasteiger partial charge >= 0.3 is 0 Å². The SMILES string of the molecule is COc1ccccc1-c1cc(NC(=O)c2oc3c(c2C)C(=O)CCC3)n(-c2ccc(C)cc2)n1. The van der Waals surface area contributed by atoms with E-state index in [2.05, 4.69) is 5.32 Å². The Bertz CT molecular complexity index is 1400. The summed E-state index contributed by atoms with van der Waals surface area (Å²) in [7, 11) is 1.61. The van der Waals surface area contributed by atoms with Gasteiger partial charge in [0.05, 0.1) is 24.1 Å². The average Bonchev–Trinajstić information content (AvgIpc) is 3.41. The molecule has 0 radical (unpaired) electrons. The largest absolute Gasteiger partial charge is 0.496 e. The van der Waals surface area contributed by atoms with Gasteiger partial charge in [-0.2, -0.15) is 5.10 Å². The molecule has 0 saturated heterocycles. The van der Waals surface area contributed by atoms with E-state index < -0.39 is 5.91 Å². The summed E-state index contributed by atoms with van der Waals surface area (Å²) < 4.78 is 13.0. The zero-order valence-corrected chi connectivity index (χ0v) is 19.3. The number of Topliss-reactive ketones (excluding diaryl/α,β-unsaturated/α-hetero) is 1. The zero-order valence-electron chi connectivity index (χ0n) is 19.3. The number of methoxy groups -OCH3 is 1. The fourth-order valence-electron chi connectivity index (χ4n) is 4.38. The Balaban J connectivity index is 1.56. The molecule has 0 aliphatic heterocycles. The fourth-order valence-corrected chi connectivity index (χ4v) is 4.38. The van der Waals surface area contributed by atoms with Gasteiger partial charge in [0, 0.05) is 30.0 Å². The number of ketones is 1. The van der Waals surface area contributed by atoms with Crippen LogP contribution in [0.15, 0.2) is 59.0 Å². The molecule has 2 aromatic carbocycles. The van der Waals surface area contributed by atoms with Crippen LogP contribution in [0.4, 0.5) is 5.82 Å². The lowest BCUT2D eigenvalue weighted by molar-refractivity contribution is 0.0963. The molecule has 2 heterocycles. The molecule has 1 aliphatic carbocycles. The van der Waals surface area contributed by atoms with E-state index in [9.17, 15) is 9.59 Å². The van der Waals surface area contributed by atoms with E-state index in [1.165, 1.54) is 0 Å². The molecule has 7 nitrogen and oxygen atoms in total. The van der Waals surface area contributed by atoms with Crippen LogP contribution in [0, 0.1) is 13.8 Å². The molecule has 0 bridgehead atoms. The molecule has 2 aromatic heterocycles. The number of para-hydroxylation sites is 1. The number of carbonyl (C=O) groups excluding carboxylic acids is 2. The van der Waals surface area contributed by atoms with Gasteiger partial charge in [0.25, 0.3) is 5.91 Å². The highest BCUT2D eigenvalue weighted by molar-refractivity contribution is 6.07. The molecule has 172 valence electrons. The Morgan fingerprint density at radius 2 is 1.85 bits per heavy atom. The van der Waals surface area contributed by atoms with Crippen LogP contribution in [-0.4, -0.2) is 28.6 Å². The quantitative estimate of drug-likeness (QED) is 0.428. The van der Waals surface area contributed by atoms with Gasteiger partial charge in [-0.3, -0.25) is 9.59 Å². The molecule has 4 aromatic rings. The summed E-state index contributed by atoms with van der Waals surface area (Å²) in [6, 6.07) is 17.3. The first-order chi connectivity index (χ1) is 16.5. The molecule has 0 spiro atoms. The number of amides is 1. The Labute approximate surface area is 197 Å². The van der Waals surface area contributed by atoms with E-state index in [0.717, 1.165) is 23.2 Å². The normalized spacial score (nSPS) is 13.0. The lowest BCUT2D eigenvalue weighted by atomic mass is 9.94. The molecule has 1 N–H and O–H groups in total. The highest BCUT2D eigenvalue weighted by atomic mass is 16.5. The number of furan rings is 1. The topological polar surface area (TPSA) is 86.4 Å². The first kappa shape index (κ1) is 21.7. The maximum atomic E-state index is 13.3. The van der Waals surface area contributed by atoms with E-state index in [-0.39, 0.29) is 11.5 Å². The van der Waals surface area contributed by atoms with E-state index in [1.807, 2.05) is 55.5 Å². The first-order valence-corrected chi connectivity index (χ1v) is 11.2.